The van der Waals surface area contributed by atoms with Gasteiger partial charge in [-0.05, 0) is 58.5 Å². The predicted octanol–water partition coefficient (Wildman–Crippen LogP) is 4.07. The maximum absolute atomic E-state index is 12.6. The summed E-state index contributed by atoms with van der Waals surface area (Å²) in [5, 5.41) is 0. The Morgan fingerprint density at radius 1 is 1.12 bits per heavy atom. The molecule has 0 aliphatic heterocycles. The number of rotatable bonds is 4. The summed E-state index contributed by atoms with van der Waals surface area (Å²) in [4.78, 5) is 11.5. The molecule has 0 aliphatic carbocycles. The van der Waals surface area contributed by atoms with Crippen LogP contribution in [-0.2, 0) is 26.5 Å². The molecule has 2 aromatic rings. The van der Waals surface area contributed by atoms with Crippen molar-refractivity contribution in [3.05, 3.63) is 62.7 Å². The summed E-state index contributed by atoms with van der Waals surface area (Å²) in [5.74, 6) is -1.04. The standard InChI is InChI=1S/C16H12F3IO4S/c1-24-15(21)11-4-7-14(13(20)8-11)25(22,23)9-10-2-5-12(6-3-10)16(17,18)19/h2-8H,9H2,1H3. The largest absolute Gasteiger partial charge is 0.465 e. The van der Waals surface area contributed by atoms with Crippen molar-refractivity contribution in [3.8, 4) is 0 Å². The lowest BCUT2D eigenvalue weighted by Gasteiger charge is -2.10. The summed E-state index contributed by atoms with van der Waals surface area (Å²) in [7, 11) is -2.57. The van der Waals surface area contributed by atoms with Gasteiger partial charge in [0.15, 0.2) is 9.84 Å². The first kappa shape index (κ1) is 19.7. The zero-order valence-corrected chi connectivity index (χ0v) is 15.8. The van der Waals surface area contributed by atoms with Crippen LogP contribution >= 0.6 is 22.6 Å². The summed E-state index contributed by atoms with van der Waals surface area (Å²) < 4.78 is 67.6. The van der Waals surface area contributed by atoms with E-state index in [0.29, 0.717) is 3.57 Å². The van der Waals surface area contributed by atoms with Crippen molar-refractivity contribution in [2.75, 3.05) is 7.11 Å². The van der Waals surface area contributed by atoms with Crippen LogP contribution in [0.25, 0.3) is 0 Å². The molecule has 0 fully saturated rings. The lowest BCUT2D eigenvalue weighted by molar-refractivity contribution is -0.137. The Morgan fingerprint density at radius 3 is 2.20 bits per heavy atom. The lowest BCUT2D eigenvalue weighted by atomic mass is 10.1. The van der Waals surface area contributed by atoms with Gasteiger partial charge in [0.05, 0.1) is 28.9 Å². The molecular weight excluding hydrogens is 472 g/mol. The second-order valence-electron chi connectivity index (χ2n) is 5.09. The smallest absolute Gasteiger partial charge is 0.416 e. The van der Waals surface area contributed by atoms with E-state index in [1.807, 2.05) is 0 Å². The van der Waals surface area contributed by atoms with E-state index in [-0.39, 0.29) is 16.0 Å². The molecule has 4 nitrogen and oxygen atoms in total. The van der Waals surface area contributed by atoms with Gasteiger partial charge >= 0.3 is 12.1 Å². The summed E-state index contributed by atoms with van der Waals surface area (Å²) >= 11 is 1.78. The number of carbonyl (C=O) groups is 1. The van der Waals surface area contributed by atoms with E-state index in [1.54, 1.807) is 22.6 Å². The molecule has 0 amide bonds. The minimum Gasteiger partial charge on any atom is -0.465 e. The van der Waals surface area contributed by atoms with Crippen molar-refractivity contribution in [1.82, 2.24) is 0 Å². The van der Waals surface area contributed by atoms with Gasteiger partial charge in [-0.15, -0.1) is 0 Å². The third kappa shape index (κ3) is 4.72. The average molecular weight is 484 g/mol. The molecule has 0 bridgehead atoms. The number of hydrogen-bond acceptors (Lipinski definition) is 4. The van der Waals surface area contributed by atoms with E-state index in [9.17, 15) is 26.4 Å². The van der Waals surface area contributed by atoms with Crippen LogP contribution in [0.2, 0.25) is 0 Å². The molecule has 2 aromatic carbocycles. The van der Waals surface area contributed by atoms with E-state index in [1.165, 1.54) is 25.3 Å². The maximum atomic E-state index is 12.6. The molecular formula is C16H12F3IO4S. The molecule has 0 saturated carbocycles. The number of benzene rings is 2. The van der Waals surface area contributed by atoms with Crippen LogP contribution in [-0.4, -0.2) is 21.5 Å². The Labute approximate surface area is 156 Å². The van der Waals surface area contributed by atoms with Gasteiger partial charge in [0.1, 0.15) is 0 Å². The number of hydrogen-bond donors (Lipinski definition) is 0. The Bertz CT molecular complexity index is 891. The van der Waals surface area contributed by atoms with Crippen molar-refractivity contribution < 1.29 is 31.1 Å². The van der Waals surface area contributed by atoms with Crippen LogP contribution in [0.1, 0.15) is 21.5 Å². The van der Waals surface area contributed by atoms with Crippen molar-refractivity contribution in [3.63, 3.8) is 0 Å². The topological polar surface area (TPSA) is 60.4 Å². The van der Waals surface area contributed by atoms with Gasteiger partial charge in [-0.25, -0.2) is 13.2 Å². The summed E-state index contributed by atoms with van der Waals surface area (Å²) in [5.41, 5.74) is -0.396. The Balaban J connectivity index is 2.29. The van der Waals surface area contributed by atoms with Crippen molar-refractivity contribution >= 4 is 38.4 Å². The number of alkyl halides is 3. The molecule has 0 N–H and O–H groups in total. The highest BCUT2D eigenvalue weighted by molar-refractivity contribution is 14.1. The zero-order valence-electron chi connectivity index (χ0n) is 12.8. The molecule has 0 spiro atoms. The third-order valence-corrected chi connectivity index (χ3v) is 6.32. The molecule has 0 aliphatic rings. The van der Waals surface area contributed by atoms with E-state index >= 15 is 0 Å². The molecule has 0 saturated heterocycles. The van der Waals surface area contributed by atoms with Crippen molar-refractivity contribution in [2.24, 2.45) is 0 Å². The van der Waals surface area contributed by atoms with Gasteiger partial charge < -0.3 is 4.74 Å². The molecule has 134 valence electrons. The predicted molar refractivity (Wildman–Crippen MR) is 92.8 cm³/mol. The van der Waals surface area contributed by atoms with Gasteiger partial charge in [0.25, 0.3) is 0 Å². The number of carbonyl (C=O) groups excluding carboxylic acids is 1. The zero-order chi connectivity index (χ0) is 18.8. The molecule has 0 atom stereocenters. The first-order valence-electron chi connectivity index (χ1n) is 6.81. The van der Waals surface area contributed by atoms with Gasteiger partial charge in [-0.3, -0.25) is 0 Å². The Hall–Kier alpha value is -1.62. The van der Waals surface area contributed by atoms with E-state index in [0.717, 1.165) is 24.3 Å². The van der Waals surface area contributed by atoms with Crippen molar-refractivity contribution in [1.29, 1.82) is 0 Å². The van der Waals surface area contributed by atoms with Crippen LogP contribution in [0.15, 0.2) is 47.4 Å². The molecule has 25 heavy (non-hydrogen) atoms. The minimum absolute atomic E-state index is 0.000603. The maximum Gasteiger partial charge on any atom is 0.416 e. The monoisotopic (exact) mass is 484 g/mol. The van der Waals surface area contributed by atoms with Crippen LogP contribution in [0.5, 0.6) is 0 Å². The number of esters is 1. The highest BCUT2D eigenvalue weighted by Gasteiger charge is 2.30. The lowest BCUT2D eigenvalue weighted by Crippen LogP contribution is -2.10. The Morgan fingerprint density at radius 2 is 1.72 bits per heavy atom. The second-order valence-corrected chi connectivity index (χ2v) is 8.21. The molecule has 2 rings (SSSR count). The minimum atomic E-state index is -4.48. The SMILES string of the molecule is COC(=O)c1ccc(S(=O)(=O)Cc2ccc(C(F)(F)F)cc2)c(I)c1. The quantitative estimate of drug-likeness (QED) is 0.485. The molecule has 0 heterocycles. The van der Waals surface area contributed by atoms with Gasteiger partial charge in [0.2, 0.25) is 0 Å². The second kappa shape index (κ2) is 7.32. The summed E-state index contributed by atoms with van der Waals surface area (Å²) in [6.45, 7) is 0. The van der Waals surface area contributed by atoms with Crippen LogP contribution < -0.4 is 0 Å². The van der Waals surface area contributed by atoms with E-state index < -0.39 is 33.3 Å². The summed E-state index contributed by atoms with van der Waals surface area (Å²) in [6.07, 6.45) is -4.48. The van der Waals surface area contributed by atoms with Crippen molar-refractivity contribution in [2.45, 2.75) is 16.8 Å². The fourth-order valence-corrected chi connectivity index (χ4v) is 5.02. The molecule has 9 heteroatoms. The van der Waals surface area contributed by atoms with Crippen LogP contribution in [0, 0.1) is 3.57 Å². The number of halogens is 4. The van der Waals surface area contributed by atoms with Crippen LogP contribution in [0.3, 0.4) is 0 Å². The van der Waals surface area contributed by atoms with E-state index in [2.05, 4.69) is 4.74 Å². The first-order chi connectivity index (χ1) is 11.5. The van der Waals surface area contributed by atoms with Gasteiger partial charge in [-0.2, -0.15) is 13.2 Å². The molecule has 0 radical (unpaired) electrons. The van der Waals surface area contributed by atoms with Gasteiger partial charge in [-0.1, -0.05) is 12.1 Å². The highest BCUT2D eigenvalue weighted by atomic mass is 127. The molecule has 0 aromatic heterocycles. The fourth-order valence-electron chi connectivity index (χ4n) is 2.09. The fraction of sp³-hybridized carbons (Fsp3) is 0.188. The normalized spacial score (nSPS) is 12.0. The average Bonchev–Trinajstić information content (AvgIpc) is 2.53. The molecule has 0 unspecified atom stereocenters. The van der Waals surface area contributed by atoms with Gasteiger partial charge in [0, 0.05) is 3.57 Å². The number of sulfone groups is 1. The highest BCUT2D eigenvalue weighted by Crippen LogP contribution is 2.30. The van der Waals surface area contributed by atoms with E-state index in [4.69, 9.17) is 0 Å². The Kier molecular flexibility index (Phi) is 5.77. The van der Waals surface area contributed by atoms with Crippen LogP contribution in [0.4, 0.5) is 13.2 Å². The first-order valence-corrected chi connectivity index (χ1v) is 9.54. The number of ether oxygens (including phenoxy) is 1. The summed E-state index contributed by atoms with van der Waals surface area (Å²) in [6, 6.07) is 7.95. The number of methoxy groups -OCH3 is 1. The third-order valence-electron chi connectivity index (χ3n) is 3.33.